The van der Waals surface area contributed by atoms with Crippen molar-refractivity contribution in [3.63, 3.8) is 0 Å². The van der Waals surface area contributed by atoms with E-state index in [0.29, 0.717) is 49.1 Å². The standard InChI is InChI=1S/C17H20FN3O3/c1-11-19-15(8-17(22)20-11)16-10-24-6-5-21(16)9-12-3-4-13(23-2)7-14(12)18/h3-4,7-8,16H,5-6,9-10H2,1-2H3,(H,19,20,22)/t16-/m1/s1. The first-order valence-corrected chi connectivity index (χ1v) is 7.79. The van der Waals surface area contributed by atoms with Gasteiger partial charge in [-0.25, -0.2) is 9.37 Å². The summed E-state index contributed by atoms with van der Waals surface area (Å²) in [5.41, 5.74) is 1.02. The Morgan fingerprint density at radius 3 is 3.00 bits per heavy atom. The molecule has 1 fully saturated rings. The molecule has 0 amide bonds. The molecule has 1 N–H and O–H groups in total. The maximum absolute atomic E-state index is 14.2. The Morgan fingerprint density at radius 1 is 1.46 bits per heavy atom. The van der Waals surface area contributed by atoms with E-state index in [1.54, 1.807) is 19.1 Å². The van der Waals surface area contributed by atoms with E-state index in [4.69, 9.17) is 9.47 Å². The Hall–Kier alpha value is -2.25. The fraction of sp³-hybridized carbons (Fsp3) is 0.412. The molecular weight excluding hydrogens is 313 g/mol. The molecule has 128 valence electrons. The summed E-state index contributed by atoms with van der Waals surface area (Å²) in [5, 5.41) is 0. The highest BCUT2D eigenvalue weighted by molar-refractivity contribution is 5.29. The maximum atomic E-state index is 14.2. The smallest absolute Gasteiger partial charge is 0.251 e. The highest BCUT2D eigenvalue weighted by atomic mass is 19.1. The van der Waals surface area contributed by atoms with Crippen LogP contribution in [0.3, 0.4) is 0 Å². The SMILES string of the molecule is COc1ccc(CN2CCOC[C@@H]2c2cc(=O)[nH]c(C)n2)c(F)c1. The molecule has 2 heterocycles. The summed E-state index contributed by atoms with van der Waals surface area (Å²) in [6, 6.07) is 6.13. The molecular formula is C17H20FN3O3. The third-order valence-corrected chi connectivity index (χ3v) is 4.09. The van der Waals surface area contributed by atoms with E-state index in [1.165, 1.54) is 19.2 Å². The summed E-state index contributed by atoms with van der Waals surface area (Å²) in [7, 11) is 1.51. The molecule has 1 aliphatic heterocycles. The monoisotopic (exact) mass is 333 g/mol. The maximum Gasteiger partial charge on any atom is 0.251 e. The van der Waals surface area contributed by atoms with Gasteiger partial charge in [0, 0.05) is 30.8 Å². The van der Waals surface area contributed by atoms with Gasteiger partial charge in [0.25, 0.3) is 5.56 Å². The number of hydrogen-bond donors (Lipinski definition) is 1. The van der Waals surface area contributed by atoms with Crippen LogP contribution in [0, 0.1) is 12.7 Å². The molecule has 2 aromatic rings. The molecule has 0 unspecified atom stereocenters. The lowest BCUT2D eigenvalue weighted by molar-refractivity contribution is -0.0148. The number of nitrogens with one attached hydrogen (secondary N) is 1. The first-order chi connectivity index (χ1) is 11.6. The summed E-state index contributed by atoms with van der Waals surface area (Å²) < 4.78 is 24.8. The van der Waals surface area contributed by atoms with Crippen LogP contribution in [0.1, 0.15) is 23.1 Å². The number of benzene rings is 1. The van der Waals surface area contributed by atoms with Gasteiger partial charge in [-0.05, 0) is 13.0 Å². The topological polar surface area (TPSA) is 67.5 Å². The molecule has 1 atom stereocenters. The number of nitrogens with zero attached hydrogens (tertiary/aromatic N) is 2. The molecule has 1 aromatic carbocycles. The molecule has 0 saturated carbocycles. The van der Waals surface area contributed by atoms with Crippen LogP contribution in [-0.4, -0.2) is 41.7 Å². The quantitative estimate of drug-likeness (QED) is 0.924. The zero-order valence-electron chi connectivity index (χ0n) is 13.7. The number of aromatic amines is 1. The van der Waals surface area contributed by atoms with Crippen molar-refractivity contribution < 1.29 is 13.9 Å². The Labute approximate surface area is 139 Å². The first kappa shape index (κ1) is 16.6. The van der Waals surface area contributed by atoms with Gasteiger partial charge >= 0.3 is 0 Å². The van der Waals surface area contributed by atoms with Gasteiger partial charge in [-0.3, -0.25) is 9.69 Å². The number of halogens is 1. The molecule has 1 aromatic heterocycles. The van der Waals surface area contributed by atoms with Crippen LogP contribution < -0.4 is 10.3 Å². The van der Waals surface area contributed by atoms with Gasteiger partial charge in [-0.15, -0.1) is 0 Å². The second-order valence-corrected chi connectivity index (χ2v) is 5.77. The Morgan fingerprint density at radius 2 is 2.29 bits per heavy atom. The van der Waals surface area contributed by atoms with Crippen LogP contribution in [0.15, 0.2) is 29.1 Å². The molecule has 24 heavy (non-hydrogen) atoms. The number of aryl methyl sites for hydroxylation is 1. The fourth-order valence-corrected chi connectivity index (χ4v) is 2.88. The van der Waals surface area contributed by atoms with E-state index in [-0.39, 0.29) is 17.4 Å². The number of aromatic nitrogens is 2. The predicted molar refractivity (Wildman–Crippen MR) is 86.5 cm³/mol. The fourth-order valence-electron chi connectivity index (χ4n) is 2.88. The third kappa shape index (κ3) is 3.63. The Balaban J connectivity index is 1.86. The van der Waals surface area contributed by atoms with Crippen LogP contribution in [0.4, 0.5) is 4.39 Å². The minimum atomic E-state index is -0.311. The number of ether oxygens (including phenoxy) is 2. The van der Waals surface area contributed by atoms with Gasteiger partial charge in [0.1, 0.15) is 17.4 Å². The number of hydrogen-bond acceptors (Lipinski definition) is 5. The van der Waals surface area contributed by atoms with Crippen molar-refractivity contribution >= 4 is 0 Å². The Bertz CT molecular complexity index is 778. The van der Waals surface area contributed by atoms with Gasteiger partial charge in [-0.2, -0.15) is 0 Å². The predicted octanol–water partition coefficient (Wildman–Crippen LogP) is 1.80. The number of morpholine rings is 1. The second-order valence-electron chi connectivity index (χ2n) is 5.77. The highest BCUT2D eigenvalue weighted by Crippen LogP contribution is 2.26. The lowest BCUT2D eigenvalue weighted by Gasteiger charge is -2.35. The van der Waals surface area contributed by atoms with Gasteiger partial charge < -0.3 is 14.5 Å². The molecule has 1 saturated heterocycles. The van der Waals surface area contributed by atoms with Crippen LogP contribution in [-0.2, 0) is 11.3 Å². The van der Waals surface area contributed by atoms with Crippen molar-refractivity contribution in [2.45, 2.75) is 19.5 Å². The summed E-state index contributed by atoms with van der Waals surface area (Å²) >= 11 is 0. The first-order valence-electron chi connectivity index (χ1n) is 7.79. The van der Waals surface area contributed by atoms with Crippen LogP contribution in [0.2, 0.25) is 0 Å². The number of rotatable bonds is 4. The minimum Gasteiger partial charge on any atom is -0.497 e. The number of H-pyrrole nitrogens is 1. The second kappa shape index (κ2) is 7.11. The van der Waals surface area contributed by atoms with Crippen molar-refractivity contribution in [3.8, 4) is 5.75 Å². The normalized spacial score (nSPS) is 18.5. The van der Waals surface area contributed by atoms with Crippen molar-refractivity contribution in [2.75, 3.05) is 26.9 Å². The van der Waals surface area contributed by atoms with E-state index in [0.717, 1.165) is 0 Å². The summed E-state index contributed by atoms with van der Waals surface area (Å²) in [6.45, 7) is 3.78. The lowest BCUT2D eigenvalue weighted by Crippen LogP contribution is -2.40. The van der Waals surface area contributed by atoms with Gasteiger partial charge in [0.15, 0.2) is 0 Å². The van der Waals surface area contributed by atoms with Crippen molar-refractivity contribution in [1.29, 1.82) is 0 Å². The van der Waals surface area contributed by atoms with Crippen LogP contribution >= 0.6 is 0 Å². The molecule has 0 aliphatic carbocycles. The van der Waals surface area contributed by atoms with E-state index in [1.807, 2.05) is 0 Å². The zero-order chi connectivity index (χ0) is 17.1. The number of methoxy groups -OCH3 is 1. The van der Waals surface area contributed by atoms with Crippen molar-refractivity contribution in [1.82, 2.24) is 14.9 Å². The summed E-state index contributed by atoms with van der Waals surface area (Å²) in [6.07, 6.45) is 0. The molecule has 7 heteroatoms. The van der Waals surface area contributed by atoms with Gasteiger partial charge in [0.05, 0.1) is 32.1 Å². The third-order valence-electron chi connectivity index (χ3n) is 4.09. The average Bonchev–Trinajstić information content (AvgIpc) is 2.56. The van der Waals surface area contributed by atoms with E-state index in [9.17, 15) is 9.18 Å². The largest absolute Gasteiger partial charge is 0.497 e. The highest BCUT2D eigenvalue weighted by Gasteiger charge is 2.27. The lowest BCUT2D eigenvalue weighted by atomic mass is 10.1. The average molecular weight is 333 g/mol. The zero-order valence-corrected chi connectivity index (χ0v) is 13.7. The molecule has 1 aliphatic rings. The van der Waals surface area contributed by atoms with E-state index in [2.05, 4.69) is 14.9 Å². The van der Waals surface area contributed by atoms with Crippen LogP contribution in [0.25, 0.3) is 0 Å². The van der Waals surface area contributed by atoms with Gasteiger partial charge in [-0.1, -0.05) is 6.07 Å². The molecule has 0 bridgehead atoms. The summed E-state index contributed by atoms with van der Waals surface area (Å²) in [5.74, 6) is 0.731. The van der Waals surface area contributed by atoms with Crippen LogP contribution in [0.5, 0.6) is 5.75 Å². The molecule has 6 nitrogen and oxygen atoms in total. The molecule has 0 spiro atoms. The van der Waals surface area contributed by atoms with Crippen molar-refractivity contribution in [2.24, 2.45) is 0 Å². The minimum absolute atomic E-state index is 0.179. The molecule has 0 radical (unpaired) electrons. The summed E-state index contributed by atoms with van der Waals surface area (Å²) in [4.78, 5) is 20.8. The van der Waals surface area contributed by atoms with E-state index < -0.39 is 0 Å². The Kier molecular flexibility index (Phi) is 4.92. The van der Waals surface area contributed by atoms with Crippen molar-refractivity contribution in [3.05, 3.63) is 57.5 Å². The van der Waals surface area contributed by atoms with Gasteiger partial charge in [0.2, 0.25) is 0 Å². The van der Waals surface area contributed by atoms with E-state index >= 15 is 0 Å². The molecule has 3 rings (SSSR count).